The smallest absolute Gasteiger partial charge is 0.362 e. The lowest BCUT2D eigenvalue weighted by Crippen LogP contribution is -2.43. The maximum Gasteiger partial charge on any atom is 0.416 e. The van der Waals surface area contributed by atoms with Crippen LogP contribution in [0.4, 0.5) is 32.0 Å². The van der Waals surface area contributed by atoms with Gasteiger partial charge in [-0.2, -0.15) is 26.3 Å². The fraction of sp³-hybridized carbons (Fsp3) is 0.318. The average Bonchev–Trinajstić information content (AvgIpc) is 2.76. The van der Waals surface area contributed by atoms with E-state index < -0.39 is 60.0 Å². The Morgan fingerprint density at radius 3 is 1.80 bits per heavy atom. The van der Waals surface area contributed by atoms with E-state index in [1.807, 2.05) is 26.0 Å². The number of carbonyl (C=O) groups excluding carboxylic acids is 3. The normalized spacial score (nSPS) is 11.8. The van der Waals surface area contributed by atoms with Gasteiger partial charge in [-0.3, -0.25) is 25.2 Å². The van der Waals surface area contributed by atoms with Crippen molar-refractivity contribution in [2.75, 3.05) is 18.5 Å². The zero-order chi connectivity index (χ0) is 26.4. The molecule has 35 heavy (non-hydrogen) atoms. The first-order valence-electron chi connectivity index (χ1n) is 10.0. The number of hydrogen-bond donors (Lipinski definition) is 3. The van der Waals surface area contributed by atoms with Gasteiger partial charge in [-0.15, -0.1) is 0 Å². The highest BCUT2D eigenvalue weighted by molar-refractivity contribution is 5.96. The van der Waals surface area contributed by atoms with Crippen LogP contribution >= 0.6 is 0 Å². The minimum absolute atomic E-state index is 0.132. The van der Waals surface area contributed by atoms with Gasteiger partial charge < -0.3 is 10.1 Å². The molecule has 0 unspecified atom stereocenters. The van der Waals surface area contributed by atoms with Crippen LogP contribution in [0.3, 0.4) is 0 Å². The van der Waals surface area contributed by atoms with E-state index in [1.54, 1.807) is 23.0 Å². The second kappa shape index (κ2) is 11.2. The van der Waals surface area contributed by atoms with Crippen LogP contribution in [-0.4, -0.2) is 30.9 Å². The summed E-state index contributed by atoms with van der Waals surface area (Å²) >= 11 is 0. The highest BCUT2D eigenvalue weighted by Crippen LogP contribution is 2.36. The van der Waals surface area contributed by atoms with Gasteiger partial charge in [0.25, 0.3) is 11.8 Å². The number of hydrogen-bond acceptors (Lipinski definition) is 4. The number of benzene rings is 2. The van der Waals surface area contributed by atoms with Gasteiger partial charge in [0.2, 0.25) is 5.91 Å². The highest BCUT2D eigenvalue weighted by atomic mass is 19.4. The first kappa shape index (κ1) is 27.6. The van der Waals surface area contributed by atoms with E-state index >= 15 is 0 Å². The molecule has 0 saturated heterocycles. The quantitative estimate of drug-likeness (QED) is 0.387. The minimum atomic E-state index is -5.13. The van der Waals surface area contributed by atoms with Crippen molar-refractivity contribution in [3.63, 3.8) is 0 Å². The number of halogens is 6. The summed E-state index contributed by atoms with van der Waals surface area (Å²) in [5, 5.41) is 2.54. The lowest BCUT2D eigenvalue weighted by molar-refractivity contribution is -0.143. The largest absolute Gasteiger partial charge is 0.416 e. The molecule has 0 atom stereocenters. The molecule has 0 spiro atoms. The molecule has 0 fully saturated rings. The van der Waals surface area contributed by atoms with E-state index in [0.717, 1.165) is 5.56 Å². The van der Waals surface area contributed by atoms with Crippen LogP contribution < -0.4 is 16.2 Å². The summed E-state index contributed by atoms with van der Waals surface area (Å²) < 4.78 is 82.2. The Kier molecular flexibility index (Phi) is 8.85. The average molecular weight is 505 g/mol. The molecule has 3 N–H and O–H groups in total. The number of ether oxygens (including phenoxy) is 1. The topological polar surface area (TPSA) is 96.5 Å². The van der Waals surface area contributed by atoms with Crippen molar-refractivity contribution in [3.05, 3.63) is 64.7 Å². The van der Waals surface area contributed by atoms with Crippen LogP contribution in [0.15, 0.2) is 42.5 Å². The molecular formula is C22H21F6N3O4. The summed E-state index contributed by atoms with van der Waals surface area (Å²) in [6.45, 7) is 2.76. The molecule has 0 aliphatic carbocycles. The molecule has 0 bridgehead atoms. The summed E-state index contributed by atoms with van der Waals surface area (Å²) in [5.41, 5.74) is 0.699. The van der Waals surface area contributed by atoms with E-state index in [2.05, 4.69) is 5.32 Å². The van der Waals surface area contributed by atoms with Crippen molar-refractivity contribution in [2.24, 2.45) is 0 Å². The lowest BCUT2D eigenvalue weighted by Gasteiger charge is -2.14. The molecule has 0 aromatic heterocycles. The summed E-state index contributed by atoms with van der Waals surface area (Å²) in [6, 6.07) is 7.34. The SMILES string of the molecule is CC(C)c1ccc(NC(=O)COCC(=O)NNC(=O)c2cc(C(F)(F)F)cc(C(F)(F)F)c2)cc1. The molecule has 0 aliphatic heterocycles. The van der Waals surface area contributed by atoms with Crippen molar-refractivity contribution in [3.8, 4) is 0 Å². The summed E-state index contributed by atoms with van der Waals surface area (Å²) in [4.78, 5) is 35.6. The molecule has 0 saturated carbocycles. The first-order valence-corrected chi connectivity index (χ1v) is 10.0. The van der Waals surface area contributed by atoms with Crippen LogP contribution in [-0.2, 0) is 26.7 Å². The van der Waals surface area contributed by atoms with Crippen LogP contribution in [0.2, 0.25) is 0 Å². The van der Waals surface area contributed by atoms with E-state index in [0.29, 0.717) is 11.6 Å². The molecule has 0 aliphatic rings. The van der Waals surface area contributed by atoms with Crippen molar-refractivity contribution >= 4 is 23.4 Å². The van der Waals surface area contributed by atoms with Gasteiger partial charge >= 0.3 is 12.4 Å². The predicted molar refractivity (Wildman–Crippen MR) is 112 cm³/mol. The predicted octanol–water partition coefficient (Wildman–Crippen LogP) is 4.26. The zero-order valence-corrected chi connectivity index (χ0v) is 18.4. The van der Waals surface area contributed by atoms with Gasteiger partial charge in [0.05, 0.1) is 11.1 Å². The van der Waals surface area contributed by atoms with Crippen LogP contribution in [0.5, 0.6) is 0 Å². The van der Waals surface area contributed by atoms with Gasteiger partial charge in [-0.1, -0.05) is 26.0 Å². The van der Waals surface area contributed by atoms with Gasteiger partial charge in [0, 0.05) is 11.3 Å². The Hall–Kier alpha value is -3.61. The number of amides is 3. The van der Waals surface area contributed by atoms with Crippen LogP contribution in [0.25, 0.3) is 0 Å². The van der Waals surface area contributed by atoms with Gasteiger partial charge in [-0.05, 0) is 41.8 Å². The number of anilines is 1. The van der Waals surface area contributed by atoms with Gasteiger partial charge in [0.15, 0.2) is 0 Å². The molecular weight excluding hydrogens is 484 g/mol. The maximum atomic E-state index is 12.9. The van der Waals surface area contributed by atoms with Gasteiger partial charge in [-0.25, -0.2) is 0 Å². The van der Waals surface area contributed by atoms with Crippen molar-refractivity contribution < 1.29 is 45.5 Å². The third-order valence-corrected chi connectivity index (χ3v) is 4.49. The first-order chi connectivity index (χ1) is 16.2. The number of nitrogens with one attached hydrogen (secondary N) is 3. The third-order valence-electron chi connectivity index (χ3n) is 4.49. The van der Waals surface area contributed by atoms with Gasteiger partial charge in [0.1, 0.15) is 13.2 Å². The van der Waals surface area contributed by atoms with Crippen molar-refractivity contribution in [1.82, 2.24) is 10.9 Å². The molecule has 2 rings (SSSR count). The molecule has 7 nitrogen and oxygen atoms in total. The monoisotopic (exact) mass is 505 g/mol. The van der Waals surface area contributed by atoms with E-state index in [-0.39, 0.29) is 18.2 Å². The number of rotatable bonds is 7. The van der Waals surface area contributed by atoms with E-state index in [9.17, 15) is 40.7 Å². The Morgan fingerprint density at radius 2 is 1.31 bits per heavy atom. The maximum absolute atomic E-state index is 12.9. The molecule has 190 valence electrons. The molecule has 2 aromatic carbocycles. The Labute approximate surface area is 195 Å². The number of alkyl halides is 6. The second-order valence-corrected chi connectivity index (χ2v) is 7.61. The van der Waals surface area contributed by atoms with E-state index in [1.165, 1.54) is 0 Å². The number of carbonyl (C=O) groups is 3. The summed E-state index contributed by atoms with van der Waals surface area (Å²) in [5.74, 6) is -2.70. The Bertz CT molecular complexity index is 1030. The highest BCUT2D eigenvalue weighted by Gasteiger charge is 2.37. The summed E-state index contributed by atoms with van der Waals surface area (Å²) in [6.07, 6.45) is -10.3. The van der Waals surface area contributed by atoms with Crippen LogP contribution in [0.1, 0.15) is 46.8 Å². The van der Waals surface area contributed by atoms with E-state index in [4.69, 9.17) is 4.74 Å². The lowest BCUT2D eigenvalue weighted by atomic mass is 10.0. The molecule has 2 aromatic rings. The minimum Gasteiger partial charge on any atom is -0.362 e. The summed E-state index contributed by atoms with van der Waals surface area (Å²) in [7, 11) is 0. The standard InChI is InChI=1S/C22H21F6N3O4/c1-12(2)13-3-5-17(6-4-13)29-18(32)10-35-11-19(33)30-31-20(34)14-7-15(21(23,24)25)9-16(8-14)22(26,27)28/h3-9,12H,10-11H2,1-2H3,(H,29,32)(H,30,33)(H,31,34). The zero-order valence-electron chi connectivity index (χ0n) is 18.4. The molecule has 13 heteroatoms. The molecule has 3 amide bonds. The van der Waals surface area contributed by atoms with Crippen molar-refractivity contribution in [1.29, 1.82) is 0 Å². The Balaban J connectivity index is 1.85. The number of hydrazine groups is 1. The Morgan fingerprint density at radius 1 is 0.800 bits per heavy atom. The fourth-order valence-corrected chi connectivity index (χ4v) is 2.71. The molecule has 0 radical (unpaired) electrons. The molecule has 0 heterocycles. The van der Waals surface area contributed by atoms with Crippen LogP contribution in [0, 0.1) is 0 Å². The fourth-order valence-electron chi connectivity index (χ4n) is 2.71. The third kappa shape index (κ3) is 8.59. The van der Waals surface area contributed by atoms with Crippen molar-refractivity contribution in [2.45, 2.75) is 32.1 Å². The second-order valence-electron chi connectivity index (χ2n) is 7.61.